The molecule has 0 bridgehead atoms. The number of benzene rings is 2. The standard InChI is InChI=1S/C19H20N2/c1-2-19(20,13-15-7-4-3-5-8-15)18-10-6-9-16-11-12-21-14-17(16)18/h3-12,14H,2,13,20H2,1H3. The van der Waals surface area contributed by atoms with Crippen molar-refractivity contribution in [3.8, 4) is 0 Å². The molecule has 1 heterocycles. The summed E-state index contributed by atoms with van der Waals surface area (Å²) in [5.74, 6) is 0. The number of pyridine rings is 1. The van der Waals surface area contributed by atoms with Crippen LogP contribution < -0.4 is 5.73 Å². The van der Waals surface area contributed by atoms with Gasteiger partial charge in [0.25, 0.3) is 0 Å². The summed E-state index contributed by atoms with van der Waals surface area (Å²) in [4.78, 5) is 4.27. The number of rotatable bonds is 4. The molecule has 0 amide bonds. The molecule has 1 aromatic heterocycles. The van der Waals surface area contributed by atoms with Crippen LogP contribution in [0.5, 0.6) is 0 Å². The minimum atomic E-state index is -0.371. The molecule has 0 fully saturated rings. The van der Waals surface area contributed by atoms with E-state index in [2.05, 4.69) is 54.4 Å². The van der Waals surface area contributed by atoms with Crippen molar-refractivity contribution in [3.63, 3.8) is 0 Å². The summed E-state index contributed by atoms with van der Waals surface area (Å²) in [5, 5.41) is 2.35. The van der Waals surface area contributed by atoms with Gasteiger partial charge in [-0.25, -0.2) is 0 Å². The summed E-state index contributed by atoms with van der Waals surface area (Å²) in [6.45, 7) is 2.15. The summed E-state index contributed by atoms with van der Waals surface area (Å²) in [5.41, 5.74) is 8.86. The maximum Gasteiger partial charge on any atom is 0.0454 e. The molecule has 0 aliphatic rings. The quantitative estimate of drug-likeness (QED) is 0.781. The SMILES string of the molecule is CCC(N)(Cc1ccccc1)c1cccc2ccncc12. The molecule has 1 unspecified atom stereocenters. The van der Waals surface area contributed by atoms with Crippen LogP contribution in [0.15, 0.2) is 67.0 Å². The summed E-state index contributed by atoms with van der Waals surface area (Å²) in [7, 11) is 0. The molecule has 1 atom stereocenters. The van der Waals surface area contributed by atoms with Gasteiger partial charge in [-0.3, -0.25) is 4.98 Å². The third kappa shape index (κ3) is 2.67. The molecule has 3 aromatic rings. The maximum absolute atomic E-state index is 6.79. The minimum Gasteiger partial charge on any atom is -0.321 e. The Labute approximate surface area is 125 Å². The Kier molecular flexibility index (Phi) is 3.72. The van der Waals surface area contributed by atoms with Crippen LogP contribution in [0.25, 0.3) is 10.8 Å². The van der Waals surface area contributed by atoms with Gasteiger partial charge in [-0.05, 0) is 35.4 Å². The Hall–Kier alpha value is -2.19. The van der Waals surface area contributed by atoms with Gasteiger partial charge in [-0.1, -0.05) is 55.5 Å². The van der Waals surface area contributed by atoms with E-state index >= 15 is 0 Å². The number of nitrogens with zero attached hydrogens (tertiary/aromatic N) is 1. The van der Waals surface area contributed by atoms with Crippen LogP contribution in [0.3, 0.4) is 0 Å². The van der Waals surface area contributed by atoms with Crippen LogP contribution in [0, 0.1) is 0 Å². The summed E-state index contributed by atoms with van der Waals surface area (Å²) in [6.07, 6.45) is 5.47. The van der Waals surface area contributed by atoms with Gasteiger partial charge in [-0.15, -0.1) is 0 Å². The van der Waals surface area contributed by atoms with Gasteiger partial charge in [0.05, 0.1) is 0 Å². The van der Waals surface area contributed by atoms with E-state index in [9.17, 15) is 0 Å². The molecule has 0 aliphatic carbocycles. The highest BCUT2D eigenvalue weighted by Crippen LogP contribution is 2.31. The third-order valence-corrected chi connectivity index (χ3v) is 4.21. The zero-order valence-corrected chi connectivity index (χ0v) is 12.3. The summed E-state index contributed by atoms with van der Waals surface area (Å²) >= 11 is 0. The molecule has 0 aliphatic heterocycles. The predicted octanol–water partition coefficient (Wildman–Crippen LogP) is 4.04. The lowest BCUT2D eigenvalue weighted by Crippen LogP contribution is -2.38. The van der Waals surface area contributed by atoms with Crippen molar-refractivity contribution in [2.45, 2.75) is 25.3 Å². The summed E-state index contributed by atoms with van der Waals surface area (Å²) in [6, 6.07) is 18.8. The molecule has 0 saturated carbocycles. The van der Waals surface area contributed by atoms with Crippen molar-refractivity contribution in [3.05, 3.63) is 78.1 Å². The van der Waals surface area contributed by atoms with Crippen LogP contribution in [0.1, 0.15) is 24.5 Å². The van der Waals surface area contributed by atoms with E-state index in [1.165, 1.54) is 16.5 Å². The molecule has 21 heavy (non-hydrogen) atoms. The summed E-state index contributed by atoms with van der Waals surface area (Å²) < 4.78 is 0. The van der Waals surface area contributed by atoms with Crippen LogP contribution in [0.4, 0.5) is 0 Å². The molecule has 3 rings (SSSR count). The fraction of sp³-hybridized carbons (Fsp3) is 0.211. The minimum absolute atomic E-state index is 0.371. The van der Waals surface area contributed by atoms with E-state index in [4.69, 9.17) is 5.73 Å². The second-order valence-electron chi connectivity index (χ2n) is 5.57. The third-order valence-electron chi connectivity index (χ3n) is 4.21. The smallest absolute Gasteiger partial charge is 0.0454 e. The molecular formula is C19H20N2. The second-order valence-corrected chi connectivity index (χ2v) is 5.57. The number of hydrogen-bond acceptors (Lipinski definition) is 2. The normalized spacial score (nSPS) is 14.0. The van der Waals surface area contributed by atoms with Crippen LogP contribution >= 0.6 is 0 Å². The van der Waals surface area contributed by atoms with E-state index in [-0.39, 0.29) is 5.54 Å². The van der Waals surface area contributed by atoms with E-state index in [1.807, 2.05) is 24.5 Å². The Morgan fingerprint density at radius 2 is 1.81 bits per heavy atom. The van der Waals surface area contributed by atoms with Crippen molar-refractivity contribution in [2.24, 2.45) is 5.73 Å². The lowest BCUT2D eigenvalue weighted by atomic mass is 9.80. The van der Waals surface area contributed by atoms with Crippen LogP contribution in [0.2, 0.25) is 0 Å². The zero-order chi connectivity index (χ0) is 14.7. The van der Waals surface area contributed by atoms with E-state index in [1.54, 1.807) is 0 Å². The van der Waals surface area contributed by atoms with Crippen molar-refractivity contribution >= 4 is 10.8 Å². The molecule has 106 valence electrons. The Morgan fingerprint density at radius 3 is 2.57 bits per heavy atom. The van der Waals surface area contributed by atoms with E-state index in [0.29, 0.717) is 0 Å². The van der Waals surface area contributed by atoms with Crippen molar-refractivity contribution in [1.29, 1.82) is 0 Å². The van der Waals surface area contributed by atoms with Gasteiger partial charge in [-0.2, -0.15) is 0 Å². The Morgan fingerprint density at radius 1 is 1.00 bits per heavy atom. The molecule has 2 aromatic carbocycles. The fourth-order valence-corrected chi connectivity index (χ4v) is 2.92. The molecule has 2 N–H and O–H groups in total. The van der Waals surface area contributed by atoms with Gasteiger partial charge in [0, 0.05) is 23.3 Å². The van der Waals surface area contributed by atoms with Crippen molar-refractivity contribution < 1.29 is 0 Å². The van der Waals surface area contributed by atoms with Crippen LogP contribution in [-0.2, 0) is 12.0 Å². The first kappa shape index (κ1) is 13.8. The fourth-order valence-electron chi connectivity index (χ4n) is 2.92. The Bertz CT molecular complexity index is 731. The van der Waals surface area contributed by atoms with E-state index < -0.39 is 0 Å². The van der Waals surface area contributed by atoms with Gasteiger partial charge in [0.2, 0.25) is 0 Å². The van der Waals surface area contributed by atoms with Gasteiger partial charge >= 0.3 is 0 Å². The number of fused-ring (bicyclic) bond motifs is 1. The maximum atomic E-state index is 6.79. The molecule has 2 nitrogen and oxygen atoms in total. The molecule has 0 spiro atoms. The lowest BCUT2D eigenvalue weighted by molar-refractivity contribution is 0.428. The highest BCUT2D eigenvalue weighted by Gasteiger charge is 2.27. The largest absolute Gasteiger partial charge is 0.321 e. The number of hydrogen-bond donors (Lipinski definition) is 1. The van der Waals surface area contributed by atoms with Crippen molar-refractivity contribution in [2.75, 3.05) is 0 Å². The second kappa shape index (κ2) is 5.66. The molecular weight excluding hydrogens is 256 g/mol. The first-order valence-electron chi connectivity index (χ1n) is 7.39. The number of aromatic nitrogens is 1. The molecule has 0 radical (unpaired) electrons. The van der Waals surface area contributed by atoms with Crippen molar-refractivity contribution in [1.82, 2.24) is 4.98 Å². The topological polar surface area (TPSA) is 38.9 Å². The zero-order valence-electron chi connectivity index (χ0n) is 12.3. The lowest BCUT2D eigenvalue weighted by Gasteiger charge is -2.30. The molecule has 2 heteroatoms. The van der Waals surface area contributed by atoms with Crippen LogP contribution in [-0.4, -0.2) is 4.98 Å². The predicted molar refractivity (Wildman–Crippen MR) is 88.0 cm³/mol. The highest BCUT2D eigenvalue weighted by molar-refractivity contribution is 5.85. The van der Waals surface area contributed by atoms with E-state index in [0.717, 1.165) is 18.2 Å². The first-order chi connectivity index (χ1) is 10.2. The number of nitrogens with two attached hydrogens (primary N) is 1. The van der Waals surface area contributed by atoms with Gasteiger partial charge < -0.3 is 5.73 Å². The van der Waals surface area contributed by atoms with Gasteiger partial charge in [0.15, 0.2) is 0 Å². The average molecular weight is 276 g/mol. The van der Waals surface area contributed by atoms with Gasteiger partial charge in [0.1, 0.15) is 0 Å². The first-order valence-corrected chi connectivity index (χ1v) is 7.39. The molecule has 0 saturated heterocycles. The Balaban J connectivity index is 2.09. The monoisotopic (exact) mass is 276 g/mol. The average Bonchev–Trinajstić information content (AvgIpc) is 2.55. The highest BCUT2D eigenvalue weighted by atomic mass is 14.7.